The van der Waals surface area contributed by atoms with Crippen LogP contribution in [-0.2, 0) is 4.79 Å². The predicted octanol–water partition coefficient (Wildman–Crippen LogP) is 3.73. The minimum absolute atomic E-state index is 0.0741. The molecule has 0 bridgehead atoms. The molecule has 0 fully saturated rings. The lowest BCUT2D eigenvalue weighted by molar-refractivity contribution is -0.115. The number of carbonyl (C=O) groups excluding carboxylic acids is 1. The van der Waals surface area contributed by atoms with Crippen molar-refractivity contribution in [1.82, 2.24) is 15.0 Å². The zero-order chi connectivity index (χ0) is 17.5. The molecule has 1 N–H and O–H groups in total. The van der Waals surface area contributed by atoms with Crippen molar-refractivity contribution in [2.45, 2.75) is 11.6 Å². The fourth-order valence-corrected chi connectivity index (χ4v) is 3.50. The van der Waals surface area contributed by atoms with Crippen molar-refractivity contribution < 1.29 is 9.53 Å². The molecule has 1 amide bonds. The molecule has 0 radical (unpaired) electrons. The molecular formula is C17H16N4O2S2. The molecular weight excluding hydrogens is 356 g/mol. The number of methoxy groups -OCH3 is 1. The molecule has 2 heterocycles. The number of aromatic nitrogens is 3. The van der Waals surface area contributed by atoms with Gasteiger partial charge in [-0.1, -0.05) is 23.9 Å². The van der Waals surface area contributed by atoms with Crippen LogP contribution in [0, 0.1) is 0 Å². The third-order valence-electron chi connectivity index (χ3n) is 3.22. The number of nitrogens with zero attached hydrogens (tertiary/aromatic N) is 3. The highest BCUT2D eigenvalue weighted by Crippen LogP contribution is 2.27. The molecule has 2 aromatic heterocycles. The highest BCUT2D eigenvalue weighted by Gasteiger charge is 2.09. The first kappa shape index (κ1) is 17.4. The summed E-state index contributed by atoms with van der Waals surface area (Å²) in [4.78, 5) is 24.7. The number of hydrogen-bond acceptors (Lipinski definition) is 7. The Morgan fingerprint density at radius 1 is 1.28 bits per heavy atom. The van der Waals surface area contributed by atoms with Crippen molar-refractivity contribution in [3.8, 4) is 17.0 Å². The number of ether oxygens (including phenoxy) is 1. The van der Waals surface area contributed by atoms with Gasteiger partial charge in [0.1, 0.15) is 5.75 Å². The maximum Gasteiger partial charge on any atom is 0.226 e. The first-order chi connectivity index (χ1) is 12.2. The van der Waals surface area contributed by atoms with Gasteiger partial charge in [-0.2, -0.15) is 0 Å². The minimum Gasteiger partial charge on any atom is -0.497 e. The van der Waals surface area contributed by atoms with Crippen molar-refractivity contribution in [3.05, 3.63) is 48.1 Å². The molecule has 0 aliphatic carbocycles. The average molecular weight is 372 g/mol. The highest BCUT2D eigenvalue weighted by atomic mass is 32.2. The van der Waals surface area contributed by atoms with E-state index in [0.717, 1.165) is 17.0 Å². The van der Waals surface area contributed by atoms with Gasteiger partial charge in [-0.15, -0.1) is 11.3 Å². The Morgan fingerprint density at radius 2 is 2.12 bits per heavy atom. The van der Waals surface area contributed by atoms with E-state index in [1.807, 2.05) is 29.6 Å². The number of nitrogens with one attached hydrogen (secondary N) is 1. The van der Waals surface area contributed by atoms with Gasteiger partial charge in [-0.3, -0.25) is 4.79 Å². The van der Waals surface area contributed by atoms with Crippen molar-refractivity contribution in [3.63, 3.8) is 0 Å². The zero-order valence-electron chi connectivity index (χ0n) is 13.5. The predicted molar refractivity (Wildman–Crippen MR) is 100 cm³/mol. The Hall–Kier alpha value is -2.45. The lowest BCUT2D eigenvalue weighted by Crippen LogP contribution is -2.12. The van der Waals surface area contributed by atoms with E-state index in [1.165, 1.54) is 23.1 Å². The van der Waals surface area contributed by atoms with E-state index in [1.54, 1.807) is 25.6 Å². The van der Waals surface area contributed by atoms with Crippen LogP contribution in [0.3, 0.4) is 0 Å². The zero-order valence-corrected chi connectivity index (χ0v) is 15.1. The molecule has 0 atom stereocenters. The number of thiazole rings is 1. The van der Waals surface area contributed by atoms with Gasteiger partial charge in [0.25, 0.3) is 0 Å². The second kappa shape index (κ2) is 8.59. The topological polar surface area (TPSA) is 77.0 Å². The monoisotopic (exact) mass is 372 g/mol. The largest absolute Gasteiger partial charge is 0.497 e. The van der Waals surface area contributed by atoms with Gasteiger partial charge in [0.05, 0.1) is 12.8 Å². The van der Waals surface area contributed by atoms with Crippen LogP contribution in [0.5, 0.6) is 5.75 Å². The molecule has 0 unspecified atom stereocenters. The number of rotatable bonds is 7. The molecule has 0 saturated carbocycles. The summed E-state index contributed by atoms with van der Waals surface area (Å²) in [5.74, 6) is 1.32. The SMILES string of the molecule is COc1cccc(-c2csc(NC(=O)CCSc3ncccn3)n2)c1. The molecule has 6 nitrogen and oxygen atoms in total. The summed E-state index contributed by atoms with van der Waals surface area (Å²) < 4.78 is 5.22. The minimum atomic E-state index is -0.0741. The fraction of sp³-hybridized carbons (Fsp3) is 0.176. The van der Waals surface area contributed by atoms with E-state index in [2.05, 4.69) is 20.3 Å². The van der Waals surface area contributed by atoms with Gasteiger partial charge in [-0.25, -0.2) is 15.0 Å². The summed E-state index contributed by atoms with van der Waals surface area (Å²) in [6, 6.07) is 9.43. The summed E-state index contributed by atoms with van der Waals surface area (Å²) in [7, 11) is 1.63. The highest BCUT2D eigenvalue weighted by molar-refractivity contribution is 7.99. The smallest absolute Gasteiger partial charge is 0.226 e. The molecule has 0 spiro atoms. The van der Waals surface area contributed by atoms with E-state index < -0.39 is 0 Å². The van der Waals surface area contributed by atoms with E-state index >= 15 is 0 Å². The summed E-state index contributed by atoms with van der Waals surface area (Å²) in [6.45, 7) is 0. The number of amides is 1. The van der Waals surface area contributed by atoms with Crippen LogP contribution in [0.25, 0.3) is 11.3 Å². The molecule has 25 heavy (non-hydrogen) atoms. The molecule has 3 rings (SSSR count). The van der Waals surface area contributed by atoms with Crippen LogP contribution < -0.4 is 10.1 Å². The van der Waals surface area contributed by atoms with E-state index in [9.17, 15) is 4.79 Å². The standard InChI is InChI=1S/C17H16N4O2S2/c1-23-13-5-2-4-12(10-13)14-11-25-17(20-14)21-15(22)6-9-24-16-18-7-3-8-19-16/h2-5,7-8,10-11H,6,9H2,1H3,(H,20,21,22). The maximum absolute atomic E-state index is 12.0. The quantitative estimate of drug-likeness (QED) is 0.503. The van der Waals surface area contributed by atoms with Gasteiger partial charge in [-0.05, 0) is 18.2 Å². The van der Waals surface area contributed by atoms with Crippen LogP contribution in [-0.4, -0.2) is 33.7 Å². The molecule has 8 heteroatoms. The first-order valence-electron chi connectivity index (χ1n) is 7.54. The lowest BCUT2D eigenvalue weighted by Gasteiger charge is -2.02. The van der Waals surface area contributed by atoms with Gasteiger partial charge < -0.3 is 10.1 Å². The second-order valence-corrected chi connectivity index (χ2v) is 6.87. The summed E-state index contributed by atoms with van der Waals surface area (Å²) in [5, 5.41) is 6.00. The van der Waals surface area contributed by atoms with Crippen LogP contribution >= 0.6 is 23.1 Å². The van der Waals surface area contributed by atoms with Crippen LogP contribution in [0.2, 0.25) is 0 Å². The summed E-state index contributed by atoms with van der Waals surface area (Å²) >= 11 is 2.85. The molecule has 128 valence electrons. The third-order valence-corrected chi connectivity index (χ3v) is 4.85. The van der Waals surface area contributed by atoms with Crippen molar-refractivity contribution in [1.29, 1.82) is 0 Å². The van der Waals surface area contributed by atoms with E-state index in [0.29, 0.717) is 22.5 Å². The Kier molecular flexibility index (Phi) is 5.97. The van der Waals surface area contributed by atoms with Crippen LogP contribution in [0.4, 0.5) is 5.13 Å². The second-order valence-electron chi connectivity index (χ2n) is 4.95. The fourth-order valence-electron chi connectivity index (χ4n) is 2.02. The Bertz CT molecular complexity index is 839. The average Bonchev–Trinajstić information content (AvgIpc) is 3.11. The molecule has 3 aromatic rings. The lowest BCUT2D eigenvalue weighted by atomic mass is 10.2. The summed E-state index contributed by atoms with van der Waals surface area (Å²) in [5.41, 5.74) is 1.76. The van der Waals surface area contributed by atoms with Gasteiger partial charge in [0.2, 0.25) is 5.91 Å². The number of hydrogen-bond donors (Lipinski definition) is 1. The van der Waals surface area contributed by atoms with E-state index in [4.69, 9.17) is 4.74 Å². The van der Waals surface area contributed by atoms with Crippen LogP contribution in [0.15, 0.2) is 53.3 Å². The van der Waals surface area contributed by atoms with Gasteiger partial charge >= 0.3 is 0 Å². The summed E-state index contributed by atoms with van der Waals surface area (Å²) in [6.07, 6.45) is 3.74. The van der Waals surface area contributed by atoms with Crippen molar-refractivity contribution in [2.24, 2.45) is 0 Å². The number of anilines is 1. The normalized spacial score (nSPS) is 10.4. The maximum atomic E-state index is 12.0. The van der Waals surface area contributed by atoms with E-state index in [-0.39, 0.29) is 5.91 Å². The number of carbonyl (C=O) groups is 1. The Labute approximate surface area is 153 Å². The Morgan fingerprint density at radius 3 is 2.92 bits per heavy atom. The third kappa shape index (κ3) is 5.01. The molecule has 0 aliphatic heterocycles. The van der Waals surface area contributed by atoms with Gasteiger partial charge in [0, 0.05) is 35.5 Å². The first-order valence-corrected chi connectivity index (χ1v) is 9.41. The van der Waals surface area contributed by atoms with Crippen molar-refractivity contribution >= 4 is 34.1 Å². The van der Waals surface area contributed by atoms with Crippen LogP contribution in [0.1, 0.15) is 6.42 Å². The molecule has 1 aromatic carbocycles. The number of benzene rings is 1. The molecule has 0 aliphatic rings. The molecule has 0 saturated heterocycles. The van der Waals surface area contributed by atoms with Crippen molar-refractivity contribution in [2.75, 3.05) is 18.2 Å². The number of thioether (sulfide) groups is 1. The van der Waals surface area contributed by atoms with Gasteiger partial charge in [0.15, 0.2) is 10.3 Å². The Balaban J connectivity index is 1.53.